The molecule has 2 aliphatic rings. The Hall–Kier alpha value is -0.300. The fraction of sp³-hybridized carbons (Fsp3) is 1.00. The average Bonchev–Trinajstić information content (AvgIpc) is 2.14. The molecule has 2 aliphatic heterocycles. The normalized spacial score (nSPS) is 51.6. The number of halogens is 2. The van der Waals surface area contributed by atoms with Gasteiger partial charge in [0.15, 0.2) is 5.72 Å². The minimum atomic E-state index is -3.71. The number of hydrogen-bond donors (Lipinski definition) is 4. The SMILES string of the molecule is O[C@@H]1[C@@H](O)C(F)(F)[C@]2(O)CCC[C@H]1N2. The van der Waals surface area contributed by atoms with Crippen molar-refractivity contribution in [2.75, 3.05) is 0 Å². The first kappa shape index (κ1) is 10.2. The Bertz CT molecular complexity index is 248. The number of fused-ring (bicyclic) bond motifs is 2. The van der Waals surface area contributed by atoms with E-state index in [-0.39, 0.29) is 6.42 Å². The van der Waals surface area contributed by atoms with Crippen molar-refractivity contribution in [1.82, 2.24) is 5.32 Å². The minimum absolute atomic E-state index is 0.111. The molecule has 0 unspecified atom stereocenters. The Labute approximate surface area is 79.5 Å². The Morgan fingerprint density at radius 3 is 2.57 bits per heavy atom. The summed E-state index contributed by atoms with van der Waals surface area (Å²) in [6, 6.07) is -0.650. The van der Waals surface area contributed by atoms with Crippen molar-refractivity contribution in [1.29, 1.82) is 0 Å². The molecule has 4 nitrogen and oxygen atoms in total. The summed E-state index contributed by atoms with van der Waals surface area (Å²) in [7, 11) is 0. The maximum Gasteiger partial charge on any atom is 0.317 e. The molecular weight excluding hydrogens is 196 g/mol. The van der Waals surface area contributed by atoms with E-state index in [4.69, 9.17) is 0 Å². The van der Waals surface area contributed by atoms with Gasteiger partial charge in [-0.15, -0.1) is 0 Å². The van der Waals surface area contributed by atoms with Crippen LogP contribution < -0.4 is 5.32 Å². The van der Waals surface area contributed by atoms with Crippen molar-refractivity contribution >= 4 is 0 Å². The Morgan fingerprint density at radius 2 is 1.93 bits per heavy atom. The van der Waals surface area contributed by atoms with Crippen LogP contribution in [-0.2, 0) is 0 Å². The largest absolute Gasteiger partial charge is 0.389 e. The van der Waals surface area contributed by atoms with Crippen LogP contribution in [0.3, 0.4) is 0 Å². The molecule has 2 rings (SSSR count). The van der Waals surface area contributed by atoms with Crippen LogP contribution in [0.25, 0.3) is 0 Å². The first-order valence-electron chi connectivity index (χ1n) is 4.62. The molecule has 2 heterocycles. The van der Waals surface area contributed by atoms with Crippen LogP contribution in [0.1, 0.15) is 19.3 Å². The van der Waals surface area contributed by atoms with Crippen molar-refractivity contribution in [2.45, 2.75) is 49.2 Å². The fourth-order valence-corrected chi connectivity index (χ4v) is 2.23. The zero-order valence-corrected chi connectivity index (χ0v) is 7.45. The van der Waals surface area contributed by atoms with Crippen LogP contribution in [0.15, 0.2) is 0 Å². The highest BCUT2D eigenvalue weighted by molar-refractivity contribution is 5.09. The highest BCUT2D eigenvalue weighted by atomic mass is 19.3. The molecule has 2 saturated heterocycles. The number of aliphatic hydroxyl groups is 3. The van der Waals surface area contributed by atoms with Crippen LogP contribution >= 0.6 is 0 Å². The van der Waals surface area contributed by atoms with E-state index >= 15 is 0 Å². The number of piperidine rings is 2. The van der Waals surface area contributed by atoms with E-state index in [2.05, 4.69) is 5.32 Å². The van der Waals surface area contributed by atoms with E-state index in [1.165, 1.54) is 0 Å². The smallest absolute Gasteiger partial charge is 0.317 e. The molecule has 0 radical (unpaired) electrons. The molecule has 0 spiro atoms. The zero-order chi connectivity index (χ0) is 10.6. The molecule has 6 heteroatoms. The summed E-state index contributed by atoms with van der Waals surface area (Å²) >= 11 is 0. The lowest BCUT2D eigenvalue weighted by Crippen LogP contribution is -2.77. The second kappa shape index (κ2) is 2.85. The Morgan fingerprint density at radius 1 is 1.29 bits per heavy atom. The van der Waals surface area contributed by atoms with Crippen molar-refractivity contribution in [3.63, 3.8) is 0 Å². The van der Waals surface area contributed by atoms with E-state index in [0.29, 0.717) is 12.8 Å². The number of hydrogen-bond acceptors (Lipinski definition) is 4. The van der Waals surface area contributed by atoms with E-state index in [0.717, 1.165) is 0 Å². The van der Waals surface area contributed by atoms with Crippen LogP contribution in [-0.4, -0.2) is 45.2 Å². The van der Waals surface area contributed by atoms with Gasteiger partial charge in [-0.1, -0.05) is 0 Å². The van der Waals surface area contributed by atoms with Crippen LogP contribution in [0.2, 0.25) is 0 Å². The number of alkyl halides is 2. The van der Waals surface area contributed by atoms with Gasteiger partial charge in [0.2, 0.25) is 0 Å². The lowest BCUT2D eigenvalue weighted by molar-refractivity contribution is -0.302. The highest BCUT2D eigenvalue weighted by Gasteiger charge is 2.65. The molecular formula is C8H13F2NO3. The number of aliphatic hydroxyl groups excluding tert-OH is 2. The van der Waals surface area contributed by atoms with Gasteiger partial charge in [-0.3, -0.25) is 5.32 Å². The summed E-state index contributed by atoms with van der Waals surface area (Å²) in [5, 5.41) is 30.4. The maximum atomic E-state index is 13.4. The van der Waals surface area contributed by atoms with Gasteiger partial charge in [0.05, 0.1) is 0 Å². The predicted molar refractivity (Wildman–Crippen MR) is 42.7 cm³/mol. The summed E-state index contributed by atoms with van der Waals surface area (Å²) in [6.07, 6.45) is -2.94. The molecule has 4 N–H and O–H groups in total. The summed E-state index contributed by atoms with van der Waals surface area (Å²) < 4.78 is 26.8. The molecule has 0 aromatic rings. The molecule has 82 valence electrons. The lowest BCUT2D eigenvalue weighted by Gasteiger charge is -2.51. The second-order valence-corrected chi connectivity index (χ2v) is 4.06. The van der Waals surface area contributed by atoms with Gasteiger partial charge in [-0.2, -0.15) is 8.78 Å². The average molecular weight is 209 g/mol. The third-order valence-corrected chi connectivity index (χ3v) is 3.14. The van der Waals surface area contributed by atoms with E-state index in [1.807, 2.05) is 0 Å². The second-order valence-electron chi connectivity index (χ2n) is 4.06. The summed E-state index contributed by atoms with van der Waals surface area (Å²) in [5.74, 6) is -3.71. The van der Waals surface area contributed by atoms with Crippen molar-refractivity contribution < 1.29 is 24.1 Å². The van der Waals surface area contributed by atoms with E-state index < -0.39 is 29.9 Å². The van der Waals surface area contributed by atoms with Gasteiger partial charge in [0.25, 0.3) is 0 Å². The fourth-order valence-electron chi connectivity index (χ4n) is 2.23. The number of rotatable bonds is 0. The van der Waals surface area contributed by atoms with Crippen LogP contribution in [0.4, 0.5) is 8.78 Å². The standard InChI is InChI=1S/C8H13F2NO3/c9-8(10)6(13)5(12)4-2-1-3-7(8,14)11-4/h4-6,11-14H,1-3H2/t4-,5+,6-,7-/m1/s1. The third-order valence-electron chi connectivity index (χ3n) is 3.14. The molecule has 0 saturated carbocycles. The molecule has 4 atom stereocenters. The molecule has 2 fully saturated rings. The van der Waals surface area contributed by atoms with E-state index in [9.17, 15) is 24.1 Å². The molecule has 14 heavy (non-hydrogen) atoms. The van der Waals surface area contributed by atoms with Crippen LogP contribution in [0.5, 0.6) is 0 Å². The van der Waals surface area contributed by atoms with Crippen LogP contribution in [0, 0.1) is 0 Å². The van der Waals surface area contributed by atoms with E-state index in [1.54, 1.807) is 0 Å². The molecule has 0 aromatic heterocycles. The van der Waals surface area contributed by atoms with Gasteiger partial charge >= 0.3 is 5.92 Å². The van der Waals surface area contributed by atoms with Crippen molar-refractivity contribution in [3.8, 4) is 0 Å². The molecule has 2 bridgehead atoms. The molecule has 0 aromatic carbocycles. The Kier molecular flexibility index (Phi) is 2.08. The van der Waals surface area contributed by atoms with Gasteiger partial charge in [-0.05, 0) is 19.3 Å². The van der Waals surface area contributed by atoms with Crippen molar-refractivity contribution in [3.05, 3.63) is 0 Å². The highest BCUT2D eigenvalue weighted by Crippen LogP contribution is 2.43. The van der Waals surface area contributed by atoms with Gasteiger partial charge < -0.3 is 15.3 Å². The molecule has 0 aliphatic carbocycles. The Balaban J connectivity index is 2.34. The first-order chi connectivity index (χ1) is 6.38. The van der Waals surface area contributed by atoms with Gasteiger partial charge in [-0.25, -0.2) is 0 Å². The van der Waals surface area contributed by atoms with Gasteiger partial charge in [0.1, 0.15) is 12.2 Å². The van der Waals surface area contributed by atoms with Gasteiger partial charge in [0, 0.05) is 6.04 Å². The topological polar surface area (TPSA) is 72.7 Å². The third kappa shape index (κ3) is 1.11. The summed E-state index contributed by atoms with van der Waals surface area (Å²) in [4.78, 5) is 0. The quantitative estimate of drug-likeness (QED) is 0.421. The first-order valence-corrected chi connectivity index (χ1v) is 4.62. The monoisotopic (exact) mass is 209 g/mol. The summed E-state index contributed by atoms with van der Waals surface area (Å²) in [6.45, 7) is 0. The van der Waals surface area contributed by atoms with Crippen molar-refractivity contribution in [2.24, 2.45) is 0 Å². The lowest BCUT2D eigenvalue weighted by atomic mass is 9.78. The number of nitrogens with one attached hydrogen (secondary N) is 1. The minimum Gasteiger partial charge on any atom is -0.389 e. The zero-order valence-electron chi connectivity index (χ0n) is 7.45. The maximum absolute atomic E-state index is 13.4. The molecule has 0 amide bonds. The summed E-state index contributed by atoms with van der Waals surface area (Å²) in [5.41, 5.74) is -2.37. The predicted octanol–water partition coefficient (Wildman–Crippen LogP) is -0.812.